The molecule has 0 bridgehead atoms. The normalized spacial score (nSPS) is 17.2. The predicted molar refractivity (Wildman–Crippen MR) is 134 cm³/mol. The van der Waals surface area contributed by atoms with Crippen LogP contribution in [0.15, 0.2) is 76.0 Å². The van der Waals surface area contributed by atoms with Gasteiger partial charge in [-0.25, -0.2) is 14.2 Å². The van der Waals surface area contributed by atoms with Crippen molar-refractivity contribution in [3.8, 4) is 0 Å². The summed E-state index contributed by atoms with van der Waals surface area (Å²) in [5.41, 5.74) is 2.58. The summed E-state index contributed by atoms with van der Waals surface area (Å²) in [5, 5.41) is 5.33. The summed E-state index contributed by atoms with van der Waals surface area (Å²) >= 11 is 1.35. The van der Waals surface area contributed by atoms with Crippen molar-refractivity contribution in [1.82, 2.24) is 15.2 Å². The summed E-state index contributed by atoms with van der Waals surface area (Å²) < 4.78 is 20.5. The Morgan fingerprint density at radius 2 is 1.97 bits per heavy atom. The summed E-state index contributed by atoms with van der Waals surface area (Å²) in [6.45, 7) is 5.68. The van der Waals surface area contributed by atoms with Crippen molar-refractivity contribution in [2.75, 3.05) is 6.54 Å². The molecule has 2 aliphatic heterocycles. The first-order chi connectivity index (χ1) is 16.8. The monoisotopic (exact) mass is 494 g/mol. The van der Waals surface area contributed by atoms with Crippen LogP contribution in [0, 0.1) is 5.82 Å². The summed E-state index contributed by atoms with van der Waals surface area (Å²) in [7, 11) is 0. The van der Waals surface area contributed by atoms with Gasteiger partial charge < -0.3 is 15.0 Å². The second-order valence-corrected chi connectivity index (χ2v) is 9.30. The lowest BCUT2D eigenvalue weighted by Crippen LogP contribution is -2.39. The highest BCUT2D eigenvalue weighted by Gasteiger charge is 2.42. The third kappa shape index (κ3) is 5.62. The van der Waals surface area contributed by atoms with Gasteiger partial charge in [-0.1, -0.05) is 36.0 Å². The molecule has 3 heterocycles. The number of allylic oxidation sites excluding steroid dienone is 1. The van der Waals surface area contributed by atoms with E-state index in [4.69, 9.17) is 4.74 Å². The minimum atomic E-state index is -0.794. The quantitative estimate of drug-likeness (QED) is 0.544. The molecule has 1 atom stereocenters. The van der Waals surface area contributed by atoms with Gasteiger partial charge in [0.15, 0.2) is 5.17 Å². The number of nitrogens with one attached hydrogen (secondary N) is 1. The van der Waals surface area contributed by atoms with Gasteiger partial charge in [0.2, 0.25) is 5.91 Å². The molecule has 1 amide bonds. The lowest BCUT2D eigenvalue weighted by atomic mass is 9.93. The fraction of sp³-hybridized carbons (Fsp3) is 0.308. The summed E-state index contributed by atoms with van der Waals surface area (Å²) in [5.74, 6) is -1.18. The molecule has 182 valence electrons. The van der Waals surface area contributed by atoms with Crippen LogP contribution >= 0.6 is 11.8 Å². The van der Waals surface area contributed by atoms with Crippen LogP contribution < -0.4 is 5.32 Å². The highest BCUT2D eigenvalue weighted by molar-refractivity contribution is 8.16. The molecule has 1 aromatic heterocycles. The Morgan fingerprint density at radius 1 is 1.20 bits per heavy atom. The van der Waals surface area contributed by atoms with Crippen molar-refractivity contribution in [3.63, 3.8) is 0 Å². The molecule has 2 aliphatic rings. The van der Waals surface area contributed by atoms with Crippen LogP contribution in [0.5, 0.6) is 0 Å². The number of hydrogen-bond donors (Lipinski definition) is 1. The Bertz CT molecular complexity index is 1210. The van der Waals surface area contributed by atoms with Crippen molar-refractivity contribution >= 4 is 28.8 Å². The second kappa shape index (κ2) is 10.9. The number of nitrogens with zero attached hydrogens (tertiary/aromatic N) is 3. The van der Waals surface area contributed by atoms with E-state index < -0.39 is 17.8 Å². The molecule has 0 fully saturated rings. The number of rotatable bonds is 8. The Hall–Kier alpha value is -3.46. The Kier molecular flexibility index (Phi) is 7.65. The highest BCUT2D eigenvalue weighted by atomic mass is 32.2. The van der Waals surface area contributed by atoms with Crippen molar-refractivity contribution < 1.29 is 18.7 Å². The SMILES string of the molecule is CC1=C(C(=O)OC(C)C)[C@@H](c2ccccc2F)N2C(CC(=O)NCCc3ccccn3)=CSC2=N1. The number of carbonyl (C=O) groups is 2. The topological polar surface area (TPSA) is 83.9 Å². The summed E-state index contributed by atoms with van der Waals surface area (Å²) in [6, 6.07) is 11.2. The maximum absolute atomic E-state index is 15.0. The standard InChI is InChI=1S/C26H27FN4O3S/c1-16(2)34-25(33)23-17(3)30-26-31(24(23)20-9-4-5-10-21(20)27)19(15-35-26)14-22(32)29-13-11-18-8-6-7-12-28-18/h4-10,12,15-16,24H,11,13-14H2,1-3H3,(H,29,32)/t24-/m1/s1. The van der Waals surface area contributed by atoms with Crippen molar-refractivity contribution in [3.05, 3.63) is 88.1 Å². The molecule has 0 aliphatic carbocycles. The van der Waals surface area contributed by atoms with Crippen LogP contribution in [0.2, 0.25) is 0 Å². The van der Waals surface area contributed by atoms with Gasteiger partial charge in [-0.05, 0) is 44.4 Å². The lowest BCUT2D eigenvalue weighted by Gasteiger charge is -2.36. The van der Waals surface area contributed by atoms with Gasteiger partial charge in [-0.2, -0.15) is 0 Å². The number of aromatic nitrogens is 1. The van der Waals surface area contributed by atoms with E-state index in [2.05, 4.69) is 15.3 Å². The minimum absolute atomic E-state index is 0.0603. The van der Waals surface area contributed by atoms with Crippen LogP contribution in [0.1, 0.15) is 44.5 Å². The first-order valence-corrected chi connectivity index (χ1v) is 12.3. The van der Waals surface area contributed by atoms with Gasteiger partial charge >= 0.3 is 5.97 Å². The molecule has 0 saturated carbocycles. The first-order valence-electron chi connectivity index (χ1n) is 11.4. The van der Waals surface area contributed by atoms with Gasteiger partial charge in [0.25, 0.3) is 0 Å². The van der Waals surface area contributed by atoms with E-state index in [0.717, 1.165) is 5.69 Å². The molecule has 0 spiro atoms. The van der Waals surface area contributed by atoms with E-state index >= 15 is 4.39 Å². The molecule has 7 nitrogen and oxygen atoms in total. The van der Waals surface area contributed by atoms with Crippen LogP contribution in [0.25, 0.3) is 0 Å². The number of halogens is 1. The van der Waals surface area contributed by atoms with Crippen LogP contribution in [-0.4, -0.2) is 39.6 Å². The summed E-state index contributed by atoms with van der Waals surface area (Å²) in [4.78, 5) is 36.5. The van der Waals surface area contributed by atoms with Crippen LogP contribution in [0.4, 0.5) is 4.39 Å². The molecular weight excluding hydrogens is 467 g/mol. The molecule has 4 rings (SSSR count). The van der Waals surface area contributed by atoms with Crippen molar-refractivity contribution in [1.29, 1.82) is 0 Å². The number of esters is 1. The average Bonchev–Trinajstić information content (AvgIpc) is 3.20. The van der Waals surface area contributed by atoms with Crippen molar-refractivity contribution in [2.45, 2.75) is 45.8 Å². The number of thioether (sulfide) groups is 1. The Morgan fingerprint density at radius 3 is 2.69 bits per heavy atom. The third-order valence-corrected chi connectivity index (χ3v) is 6.42. The largest absolute Gasteiger partial charge is 0.459 e. The third-order valence-electron chi connectivity index (χ3n) is 5.53. The number of hydrogen-bond acceptors (Lipinski definition) is 7. The number of aliphatic imine (C=N–C) groups is 1. The number of carbonyl (C=O) groups excluding carboxylic acids is 2. The number of amidine groups is 1. The van der Waals surface area contributed by atoms with Crippen LogP contribution in [0.3, 0.4) is 0 Å². The minimum Gasteiger partial charge on any atom is -0.459 e. The van der Waals surface area contributed by atoms with Gasteiger partial charge in [0.05, 0.1) is 29.8 Å². The molecule has 2 aromatic rings. The van der Waals surface area contributed by atoms with Crippen LogP contribution in [-0.2, 0) is 20.7 Å². The molecule has 0 saturated heterocycles. The molecule has 0 radical (unpaired) electrons. The second-order valence-electron chi connectivity index (χ2n) is 8.47. The zero-order valence-corrected chi connectivity index (χ0v) is 20.6. The molecule has 1 aromatic carbocycles. The number of fused-ring (bicyclic) bond motifs is 1. The molecule has 1 N–H and O–H groups in total. The maximum Gasteiger partial charge on any atom is 0.338 e. The predicted octanol–water partition coefficient (Wildman–Crippen LogP) is 4.50. The van der Waals surface area contributed by atoms with E-state index in [1.807, 2.05) is 23.6 Å². The molecule has 9 heteroatoms. The smallest absolute Gasteiger partial charge is 0.338 e. The van der Waals surface area contributed by atoms with E-state index in [1.54, 1.807) is 50.1 Å². The first kappa shape index (κ1) is 24.7. The highest BCUT2D eigenvalue weighted by Crippen LogP contribution is 2.45. The maximum atomic E-state index is 15.0. The molecule has 35 heavy (non-hydrogen) atoms. The fourth-order valence-electron chi connectivity index (χ4n) is 4.00. The molecular formula is C26H27FN4O3S. The zero-order chi connectivity index (χ0) is 24.9. The number of pyridine rings is 1. The average molecular weight is 495 g/mol. The Labute approximate surface area is 208 Å². The van der Waals surface area contributed by atoms with E-state index in [9.17, 15) is 9.59 Å². The zero-order valence-electron chi connectivity index (χ0n) is 19.8. The van der Waals surface area contributed by atoms with Gasteiger partial charge in [0, 0.05) is 36.1 Å². The Balaban J connectivity index is 1.57. The van der Waals surface area contributed by atoms with E-state index in [-0.39, 0.29) is 24.0 Å². The number of benzene rings is 1. The van der Waals surface area contributed by atoms with Gasteiger partial charge in [0.1, 0.15) is 5.82 Å². The van der Waals surface area contributed by atoms with Gasteiger partial charge in [-0.15, -0.1) is 0 Å². The number of ether oxygens (including phenoxy) is 1. The number of amides is 1. The lowest BCUT2D eigenvalue weighted by molar-refractivity contribution is -0.143. The van der Waals surface area contributed by atoms with E-state index in [0.29, 0.717) is 35.1 Å². The summed E-state index contributed by atoms with van der Waals surface area (Å²) in [6.07, 6.45) is 2.05. The van der Waals surface area contributed by atoms with E-state index in [1.165, 1.54) is 17.8 Å². The van der Waals surface area contributed by atoms with Crippen molar-refractivity contribution in [2.24, 2.45) is 4.99 Å². The fourth-order valence-corrected chi connectivity index (χ4v) is 4.97. The van der Waals surface area contributed by atoms with Gasteiger partial charge in [-0.3, -0.25) is 9.78 Å². The molecule has 0 unspecified atom stereocenters.